The third-order valence-electron chi connectivity index (χ3n) is 4.73. The zero-order chi connectivity index (χ0) is 19.3. The van der Waals surface area contributed by atoms with Gasteiger partial charge in [0.05, 0.1) is 12.8 Å². The summed E-state index contributed by atoms with van der Waals surface area (Å²) >= 11 is 1.38. The fraction of sp³-hybridized carbons (Fsp3) is 0.300. The molecule has 1 aliphatic heterocycles. The van der Waals surface area contributed by atoms with E-state index in [9.17, 15) is 4.79 Å². The zero-order valence-electron chi connectivity index (χ0n) is 15.6. The van der Waals surface area contributed by atoms with E-state index in [1.165, 1.54) is 11.8 Å². The lowest BCUT2D eigenvalue weighted by Crippen LogP contribution is -2.31. The molecule has 3 aromatic rings. The van der Waals surface area contributed by atoms with Crippen LogP contribution in [0.25, 0.3) is 5.69 Å². The normalized spacial score (nSPS) is 14.8. The molecule has 0 N–H and O–H groups in total. The number of nitrogens with zero attached hydrogens (tertiary/aromatic N) is 5. The molecule has 1 aromatic heterocycles. The Bertz CT molecular complexity index is 923. The molecule has 7 nitrogen and oxygen atoms in total. The van der Waals surface area contributed by atoms with Gasteiger partial charge >= 0.3 is 0 Å². The Morgan fingerprint density at radius 1 is 1.07 bits per heavy atom. The van der Waals surface area contributed by atoms with Crippen molar-refractivity contribution in [3.63, 3.8) is 0 Å². The largest absolute Gasteiger partial charge is 0.497 e. The lowest BCUT2D eigenvalue weighted by molar-refractivity contribution is -0.129. The second-order valence-electron chi connectivity index (χ2n) is 6.51. The summed E-state index contributed by atoms with van der Waals surface area (Å²) in [5.41, 5.74) is 1.77. The van der Waals surface area contributed by atoms with E-state index < -0.39 is 0 Å². The van der Waals surface area contributed by atoms with Crippen LogP contribution in [0.2, 0.25) is 0 Å². The van der Waals surface area contributed by atoms with Gasteiger partial charge in [-0.05, 0) is 53.1 Å². The van der Waals surface area contributed by atoms with Crippen LogP contribution >= 0.6 is 11.8 Å². The summed E-state index contributed by atoms with van der Waals surface area (Å²) in [6, 6.07) is 17.3. The molecule has 1 aliphatic rings. The van der Waals surface area contributed by atoms with Gasteiger partial charge in [0.1, 0.15) is 11.0 Å². The monoisotopic (exact) mass is 395 g/mol. The van der Waals surface area contributed by atoms with Gasteiger partial charge in [0.15, 0.2) is 0 Å². The number of thioether (sulfide) groups is 1. The van der Waals surface area contributed by atoms with E-state index in [2.05, 4.69) is 15.5 Å². The highest BCUT2D eigenvalue weighted by Crippen LogP contribution is 2.37. The van der Waals surface area contributed by atoms with Gasteiger partial charge in [-0.15, -0.1) is 5.10 Å². The minimum absolute atomic E-state index is 0.109. The van der Waals surface area contributed by atoms with Crippen LogP contribution < -0.4 is 4.74 Å². The van der Waals surface area contributed by atoms with E-state index in [-0.39, 0.29) is 11.2 Å². The first-order valence-corrected chi connectivity index (χ1v) is 10.1. The third kappa shape index (κ3) is 3.87. The summed E-state index contributed by atoms with van der Waals surface area (Å²) in [6.07, 6.45) is 2.11. The minimum Gasteiger partial charge on any atom is -0.497 e. The second-order valence-corrected chi connectivity index (χ2v) is 7.58. The van der Waals surface area contributed by atoms with E-state index in [0.29, 0.717) is 5.16 Å². The first kappa shape index (κ1) is 18.5. The van der Waals surface area contributed by atoms with Crippen molar-refractivity contribution < 1.29 is 9.53 Å². The molecule has 0 unspecified atom stereocenters. The van der Waals surface area contributed by atoms with Crippen molar-refractivity contribution in [2.45, 2.75) is 23.2 Å². The molecule has 144 valence electrons. The fourth-order valence-corrected chi connectivity index (χ4v) is 4.31. The van der Waals surface area contributed by atoms with Crippen LogP contribution in [0.15, 0.2) is 59.8 Å². The van der Waals surface area contributed by atoms with Crippen molar-refractivity contribution in [3.05, 3.63) is 60.2 Å². The number of aromatic nitrogens is 4. The number of amides is 1. The predicted octanol–water partition coefficient (Wildman–Crippen LogP) is 3.13. The van der Waals surface area contributed by atoms with Crippen LogP contribution in [-0.4, -0.2) is 51.2 Å². The number of benzene rings is 2. The van der Waals surface area contributed by atoms with Crippen LogP contribution in [0, 0.1) is 0 Å². The van der Waals surface area contributed by atoms with Crippen molar-refractivity contribution in [2.24, 2.45) is 0 Å². The van der Waals surface area contributed by atoms with Crippen molar-refractivity contribution in [3.8, 4) is 11.4 Å². The number of likely N-dealkylation sites (tertiary alicyclic amines) is 1. The topological polar surface area (TPSA) is 73.1 Å². The van der Waals surface area contributed by atoms with Crippen LogP contribution in [-0.2, 0) is 4.79 Å². The highest BCUT2D eigenvalue weighted by atomic mass is 32.2. The lowest BCUT2D eigenvalue weighted by Gasteiger charge is -2.22. The quantitative estimate of drug-likeness (QED) is 0.597. The zero-order valence-corrected chi connectivity index (χ0v) is 16.4. The maximum Gasteiger partial charge on any atom is 0.240 e. The van der Waals surface area contributed by atoms with Crippen molar-refractivity contribution in [1.82, 2.24) is 25.1 Å². The Kier molecular flexibility index (Phi) is 5.57. The molecule has 8 heteroatoms. The van der Waals surface area contributed by atoms with Gasteiger partial charge in [-0.25, -0.2) is 0 Å². The Balaban J connectivity index is 1.64. The Morgan fingerprint density at radius 3 is 2.46 bits per heavy atom. The highest BCUT2D eigenvalue weighted by molar-refractivity contribution is 8.00. The van der Waals surface area contributed by atoms with Crippen molar-refractivity contribution in [1.29, 1.82) is 0 Å². The number of methoxy groups -OCH3 is 1. The van der Waals surface area contributed by atoms with E-state index in [1.54, 1.807) is 11.8 Å². The number of ether oxygens (including phenoxy) is 1. The van der Waals surface area contributed by atoms with E-state index in [1.807, 2.05) is 59.5 Å². The number of carbonyl (C=O) groups is 1. The van der Waals surface area contributed by atoms with Crippen molar-refractivity contribution >= 4 is 17.7 Å². The lowest BCUT2D eigenvalue weighted by atomic mass is 10.1. The van der Waals surface area contributed by atoms with Gasteiger partial charge in [-0.1, -0.05) is 42.1 Å². The molecule has 1 saturated heterocycles. The number of hydrogen-bond donors (Lipinski definition) is 0. The summed E-state index contributed by atoms with van der Waals surface area (Å²) in [6.45, 7) is 1.62. The molecule has 4 rings (SSSR count). The molecular formula is C20H21N5O2S. The Hall–Kier alpha value is -2.87. The number of tetrazole rings is 1. The van der Waals surface area contributed by atoms with Gasteiger partial charge in [0, 0.05) is 13.1 Å². The SMILES string of the molecule is COc1ccc(-n2nnnc2S[C@@H](C(=O)N2CCCC2)c2ccccc2)cc1. The molecule has 1 fully saturated rings. The van der Waals surface area contributed by atoms with Crippen LogP contribution in [0.5, 0.6) is 5.75 Å². The second kappa shape index (κ2) is 8.43. The molecule has 0 spiro atoms. The van der Waals surface area contributed by atoms with Gasteiger partial charge in [-0.2, -0.15) is 4.68 Å². The maximum atomic E-state index is 13.2. The maximum absolute atomic E-state index is 13.2. The van der Waals surface area contributed by atoms with Crippen molar-refractivity contribution in [2.75, 3.05) is 20.2 Å². The van der Waals surface area contributed by atoms with Crippen LogP contribution in [0.3, 0.4) is 0 Å². The molecule has 1 atom stereocenters. The highest BCUT2D eigenvalue weighted by Gasteiger charge is 2.30. The molecular weight excluding hydrogens is 374 g/mol. The standard InChI is InChI=1S/C20H21N5O2S/c1-27-17-11-9-16(10-12-17)25-20(21-22-23-25)28-18(15-7-3-2-4-8-15)19(26)24-13-5-6-14-24/h2-4,7-12,18H,5-6,13-14H2,1H3/t18-/m1/s1. The first-order valence-electron chi connectivity index (χ1n) is 9.19. The van der Waals surface area contributed by atoms with E-state index in [4.69, 9.17) is 4.74 Å². The average molecular weight is 395 g/mol. The van der Waals surface area contributed by atoms with E-state index >= 15 is 0 Å². The third-order valence-corrected chi connectivity index (χ3v) is 5.90. The molecule has 1 amide bonds. The van der Waals surface area contributed by atoms with Gasteiger partial charge in [0.2, 0.25) is 11.1 Å². The van der Waals surface area contributed by atoms with Gasteiger partial charge in [-0.3, -0.25) is 4.79 Å². The van der Waals surface area contributed by atoms with Gasteiger partial charge < -0.3 is 9.64 Å². The Labute approximate surface area is 167 Å². The molecule has 2 heterocycles. The average Bonchev–Trinajstić information content (AvgIpc) is 3.44. The molecule has 0 aliphatic carbocycles. The van der Waals surface area contributed by atoms with Gasteiger partial charge in [0.25, 0.3) is 0 Å². The Morgan fingerprint density at radius 2 is 1.79 bits per heavy atom. The van der Waals surface area contributed by atoms with Crippen LogP contribution in [0.4, 0.5) is 0 Å². The molecule has 0 radical (unpaired) electrons. The summed E-state index contributed by atoms with van der Waals surface area (Å²) in [4.78, 5) is 15.2. The first-order chi connectivity index (χ1) is 13.8. The molecule has 28 heavy (non-hydrogen) atoms. The smallest absolute Gasteiger partial charge is 0.240 e. The summed E-state index contributed by atoms with van der Waals surface area (Å²) in [5, 5.41) is 12.3. The minimum atomic E-state index is -0.387. The molecule has 2 aromatic carbocycles. The molecule has 0 saturated carbocycles. The number of carbonyl (C=O) groups excluding carboxylic acids is 1. The summed E-state index contributed by atoms with van der Waals surface area (Å²) < 4.78 is 6.86. The van der Waals surface area contributed by atoms with E-state index in [0.717, 1.165) is 42.9 Å². The predicted molar refractivity (Wildman–Crippen MR) is 107 cm³/mol. The number of rotatable bonds is 6. The molecule has 0 bridgehead atoms. The summed E-state index contributed by atoms with van der Waals surface area (Å²) in [7, 11) is 1.63. The number of hydrogen-bond acceptors (Lipinski definition) is 6. The summed E-state index contributed by atoms with van der Waals surface area (Å²) in [5.74, 6) is 0.871. The van der Waals surface area contributed by atoms with Crippen LogP contribution in [0.1, 0.15) is 23.7 Å². The fourth-order valence-electron chi connectivity index (χ4n) is 3.24.